The smallest absolute Gasteiger partial charge is 0.429 e. The molecule has 3 aliphatic heterocycles. The van der Waals surface area contributed by atoms with Crippen molar-refractivity contribution >= 4 is 29.2 Å². The normalized spacial score (nSPS) is 26.6. The molecule has 2 aliphatic carbocycles. The number of anilines is 1. The summed E-state index contributed by atoms with van der Waals surface area (Å²) in [5.74, 6) is 1.78. The summed E-state index contributed by atoms with van der Waals surface area (Å²) in [5.41, 5.74) is 0.808. The number of ether oxygens (including phenoxy) is 1. The monoisotopic (exact) mass is 645 g/mol. The predicted octanol–water partition coefficient (Wildman–Crippen LogP) is 6.66. The molecule has 5 aliphatic rings. The molecule has 2 aromatic rings. The zero-order valence-corrected chi connectivity index (χ0v) is 25.7. The topological polar surface area (TPSA) is 70.9 Å². The number of amides is 1. The maximum atomic E-state index is 15.0. The first-order valence-corrected chi connectivity index (χ1v) is 16.3. The second kappa shape index (κ2) is 12.2. The summed E-state index contributed by atoms with van der Waals surface area (Å²) in [6.07, 6.45) is 4.61. The fourth-order valence-corrected chi connectivity index (χ4v) is 7.60. The maximum absolute atomic E-state index is 15.0. The molecule has 1 saturated heterocycles. The standard InChI is InChI=1S/C33H36ClF4N5O2/c34-24-16-39-32(40-17-24)42-7-3-19(4-8-42)26-12-20(26)6-10-45-25-2-1-21(28(35)15-25)14-30(44)43-9-5-22-11-23-13-27(23)31(33(36,37)38)41-29(22)18-43/h1-2,15-17,19-20,23,26-27H,3-14,18H2/t20-,23?,26?,27?/m1/s1. The number of carbonyl (C=O) groups is 1. The van der Waals surface area contributed by atoms with Gasteiger partial charge in [0, 0.05) is 31.6 Å². The van der Waals surface area contributed by atoms with Crippen LogP contribution in [0.3, 0.4) is 0 Å². The molecule has 3 unspecified atom stereocenters. The van der Waals surface area contributed by atoms with Crippen molar-refractivity contribution in [3.8, 4) is 5.75 Å². The lowest BCUT2D eigenvalue weighted by Crippen LogP contribution is -2.38. The number of fused-ring (bicyclic) bond motifs is 1. The van der Waals surface area contributed by atoms with E-state index in [0.29, 0.717) is 66.6 Å². The molecule has 1 aromatic carbocycles. The first kappa shape index (κ1) is 30.4. The predicted molar refractivity (Wildman–Crippen MR) is 162 cm³/mol. The Bertz CT molecular complexity index is 1510. The molecule has 0 spiro atoms. The quantitative estimate of drug-likeness (QED) is 0.300. The Morgan fingerprint density at radius 3 is 2.58 bits per heavy atom. The molecule has 7 nitrogen and oxygen atoms in total. The molecule has 0 N–H and O–H groups in total. The summed E-state index contributed by atoms with van der Waals surface area (Å²) in [5, 5.41) is 0.534. The summed E-state index contributed by atoms with van der Waals surface area (Å²) >= 11 is 5.90. The molecule has 0 bridgehead atoms. The van der Waals surface area contributed by atoms with Gasteiger partial charge in [-0.05, 0) is 85.8 Å². The minimum atomic E-state index is -4.46. The molecule has 240 valence electrons. The van der Waals surface area contributed by atoms with E-state index in [1.807, 2.05) is 0 Å². The minimum Gasteiger partial charge on any atom is -0.493 e. The number of carbonyl (C=O) groups excluding carboxylic acids is 1. The van der Waals surface area contributed by atoms with Crippen molar-refractivity contribution in [2.45, 2.75) is 57.5 Å². The Labute approximate surface area is 264 Å². The highest BCUT2D eigenvalue weighted by molar-refractivity contribution is 6.30. The van der Waals surface area contributed by atoms with Crippen LogP contribution >= 0.6 is 11.6 Å². The average molecular weight is 646 g/mol. The zero-order valence-electron chi connectivity index (χ0n) is 24.9. The first-order valence-electron chi connectivity index (χ1n) is 15.9. The fourth-order valence-electron chi connectivity index (χ4n) is 7.50. The van der Waals surface area contributed by atoms with Gasteiger partial charge in [0.05, 0.1) is 42.7 Å². The Balaban J connectivity index is 0.860. The molecule has 1 amide bonds. The number of alkyl halides is 3. The van der Waals surface area contributed by atoms with Gasteiger partial charge in [0.2, 0.25) is 11.9 Å². The van der Waals surface area contributed by atoms with E-state index >= 15 is 0 Å². The summed E-state index contributed by atoms with van der Waals surface area (Å²) < 4.78 is 61.6. The van der Waals surface area contributed by atoms with Gasteiger partial charge in [-0.2, -0.15) is 13.2 Å². The van der Waals surface area contributed by atoms with Crippen LogP contribution in [-0.2, 0) is 11.2 Å². The molecule has 4 atom stereocenters. The van der Waals surface area contributed by atoms with Crippen LogP contribution < -0.4 is 9.64 Å². The van der Waals surface area contributed by atoms with Crippen LogP contribution in [0, 0.1) is 35.4 Å². The van der Waals surface area contributed by atoms with Crippen molar-refractivity contribution in [3.05, 3.63) is 58.3 Å². The van der Waals surface area contributed by atoms with Gasteiger partial charge in [-0.1, -0.05) is 17.7 Å². The van der Waals surface area contributed by atoms with Gasteiger partial charge in [-0.25, -0.2) is 14.4 Å². The number of rotatable bonds is 8. The molecule has 1 aromatic heterocycles. The molecule has 45 heavy (non-hydrogen) atoms. The molecule has 0 radical (unpaired) electrons. The Hall–Kier alpha value is -3.21. The third-order valence-electron chi connectivity index (χ3n) is 10.2. The highest BCUT2D eigenvalue weighted by Gasteiger charge is 2.53. The van der Waals surface area contributed by atoms with Crippen molar-refractivity contribution in [1.29, 1.82) is 0 Å². The number of piperidine rings is 1. The molecule has 4 heterocycles. The summed E-state index contributed by atoms with van der Waals surface area (Å²) in [6, 6.07) is 4.56. The van der Waals surface area contributed by atoms with E-state index in [1.54, 1.807) is 24.5 Å². The van der Waals surface area contributed by atoms with Crippen molar-refractivity contribution in [3.63, 3.8) is 0 Å². The van der Waals surface area contributed by atoms with Gasteiger partial charge < -0.3 is 14.5 Å². The molecule has 12 heteroatoms. The maximum Gasteiger partial charge on any atom is 0.429 e. The summed E-state index contributed by atoms with van der Waals surface area (Å²) in [4.78, 5) is 29.5. The highest BCUT2D eigenvalue weighted by Crippen LogP contribution is 2.51. The van der Waals surface area contributed by atoms with Gasteiger partial charge in [-0.15, -0.1) is 0 Å². The largest absolute Gasteiger partial charge is 0.493 e. The van der Waals surface area contributed by atoms with Crippen LogP contribution in [0.2, 0.25) is 5.02 Å². The Morgan fingerprint density at radius 2 is 1.84 bits per heavy atom. The van der Waals surface area contributed by atoms with E-state index in [2.05, 4.69) is 19.9 Å². The van der Waals surface area contributed by atoms with E-state index < -0.39 is 23.6 Å². The molecule has 3 fully saturated rings. The van der Waals surface area contributed by atoms with E-state index in [4.69, 9.17) is 16.3 Å². The van der Waals surface area contributed by atoms with Gasteiger partial charge >= 0.3 is 6.18 Å². The average Bonchev–Trinajstić information content (AvgIpc) is 3.93. The highest BCUT2D eigenvalue weighted by atomic mass is 35.5. The number of halogens is 5. The van der Waals surface area contributed by atoms with E-state index in [9.17, 15) is 22.4 Å². The van der Waals surface area contributed by atoms with E-state index in [-0.39, 0.29) is 30.4 Å². The number of nitrogens with zero attached hydrogens (tertiary/aromatic N) is 5. The second-order valence-electron chi connectivity index (χ2n) is 13.2. The SMILES string of the molecule is O=C(Cc1ccc(OCC[C@@H]2CC2C2CCN(c3ncc(Cl)cn3)CC2)cc1F)N1CCC2=C(C1)N=C(C(F)(F)F)C1CC1C2. The van der Waals surface area contributed by atoms with Crippen molar-refractivity contribution in [2.75, 3.05) is 37.7 Å². The number of hydrogen-bond donors (Lipinski definition) is 0. The third kappa shape index (κ3) is 6.83. The van der Waals surface area contributed by atoms with E-state index in [1.165, 1.54) is 17.4 Å². The van der Waals surface area contributed by atoms with E-state index in [0.717, 1.165) is 43.9 Å². The lowest BCUT2D eigenvalue weighted by atomic mass is 9.90. The fraction of sp³-hybridized carbons (Fsp3) is 0.576. The van der Waals surface area contributed by atoms with Crippen LogP contribution in [0.5, 0.6) is 5.75 Å². The van der Waals surface area contributed by atoms with Crippen molar-refractivity contribution < 1.29 is 27.1 Å². The van der Waals surface area contributed by atoms with Crippen molar-refractivity contribution in [1.82, 2.24) is 14.9 Å². The number of aliphatic imine (C=N–C) groups is 1. The van der Waals surface area contributed by atoms with Gasteiger partial charge in [0.25, 0.3) is 0 Å². The molecule has 7 rings (SSSR count). The Kier molecular flexibility index (Phi) is 8.25. The van der Waals surface area contributed by atoms with Gasteiger partial charge in [0.15, 0.2) is 0 Å². The number of hydrogen-bond acceptors (Lipinski definition) is 6. The lowest BCUT2D eigenvalue weighted by Gasteiger charge is -2.32. The molecule has 2 saturated carbocycles. The Morgan fingerprint density at radius 1 is 1.07 bits per heavy atom. The van der Waals surface area contributed by atoms with Crippen LogP contribution in [0.15, 0.2) is 46.9 Å². The van der Waals surface area contributed by atoms with Gasteiger partial charge in [0.1, 0.15) is 17.3 Å². The zero-order chi connectivity index (χ0) is 31.3. The molecular weight excluding hydrogens is 610 g/mol. The van der Waals surface area contributed by atoms with Crippen molar-refractivity contribution in [2.24, 2.45) is 34.6 Å². The third-order valence-corrected chi connectivity index (χ3v) is 10.4. The number of benzene rings is 1. The summed E-state index contributed by atoms with van der Waals surface area (Å²) in [7, 11) is 0. The minimum absolute atomic E-state index is 0.00117. The van der Waals surface area contributed by atoms with Crippen LogP contribution in [0.25, 0.3) is 0 Å². The van der Waals surface area contributed by atoms with Gasteiger partial charge in [-0.3, -0.25) is 9.79 Å². The second-order valence-corrected chi connectivity index (χ2v) is 13.6. The lowest BCUT2D eigenvalue weighted by molar-refractivity contribution is -0.130. The van der Waals surface area contributed by atoms with Crippen LogP contribution in [-0.4, -0.2) is 65.4 Å². The molecular formula is C33H36ClF4N5O2. The van der Waals surface area contributed by atoms with Crippen LogP contribution in [0.4, 0.5) is 23.5 Å². The van der Waals surface area contributed by atoms with Crippen LogP contribution in [0.1, 0.15) is 50.5 Å². The number of aromatic nitrogens is 2. The summed E-state index contributed by atoms with van der Waals surface area (Å²) in [6.45, 7) is 2.82. The first-order chi connectivity index (χ1) is 21.6.